The number of amides is 1. The van der Waals surface area contributed by atoms with E-state index in [2.05, 4.69) is 5.32 Å². The van der Waals surface area contributed by atoms with Crippen molar-refractivity contribution in [3.63, 3.8) is 0 Å². The molecule has 0 saturated heterocycles. The molecule has 3 aromatic rings. The number of sulfonamides is 1. The number of hydrogen-bond donors (Lipinski definition) is 1. The van der Waals surface area contributed by atoms with Gasteiger partial charge in [-0.3, -0.25) is 9.10 Å². The topological polar surface area (TPSA) is 75.7 Å². The molecular formula is C25H28N2O4S. The summed E-state index contributed by atoms with van der Waals surface area (Å²) in [5, 5.41) is 3.11. The van der Waals surface area contributed by atoms with Crippen LogP contribution in [0.25, 0.3) is 0 Å². The Hall–Kier alpha value is -3.32. The molecule has 7 heteroatoms. The molecule has 0 spiro atoms. The molecule has 0 unspecified atom stereocenters. The number of ether oxygens (including phenoxy) is 1. The van der Waals surface area contributed by atoms with Gasteiger partial charge in [0, 0.05) is 7.05 Å². The number of nitrogens with zero attached hydrogens (tertiary/aromatic N) is 1. The zero-order chi connectivity index (χ0) is 23.3. The van der Waals surface area contributed by atoms with E-state index < -0.39 is 16.1 Å². The van der Waals surface area contributed by atoms with Crippen LogP contribution in [-0.4, -0.2) is 33.7 Å². The molecule has 0 aliphatic carbocycles. The lowest BCUT2D eigenvalue weighted by atomic mass is 9.95. The van der Waals surface area contributed by atoms with Crippen molar-refractivity contribution >= 4 is 21.6 Å². The Kier molecular flexibility index (Phi) is 7.20. The highest BCUT2D eigenvalue weighted by Gasteiger charge is 2.23. The van der Waals surface area contributed by atoms with Gasteiger partial charge in [-0.15, -0.1) is 0 Å². The molecule has 0 aliphatic heterocycles. The Labute approximate surface area is 189 Å². The molecule has 3 aromatic carbocycles. The van der Waals surface area contributed by atoms with Crippen molar-refractivity contribution in [2.24, 2.45) is 0 Å². The van der Waals surface area contributed by atoms with Gasteiger partial charge in [-0.1, -0.05) is 54.6 Å². The van der Waals surface area contributed by atoms with E-state index in [1.54, 1.807) is 31.2 Å². The van der Waals surface area contributed by atoms with Gasteiger partial charge in [-0.05, 0) is 54.8 Å². The van der Waals surface area contributed by atoms with Gasteiger partial charge < -0.3 is 10.1 Å². The lowest BCUT2D eigenvalue weighted by Crippen LogP contribution is -2.39. The first-order chi connectivity index (χ1) is 15.2. The molecule has 6 nitrogen and oxygen atoms in total. The lowest BCUT2D eigenvalue weighted by molar-refractivity contribution is -0.127. The Morgan fingerprint density at radius 2 is 1.53 bits per heavy atom. The smallest absolute Gasteiger partial charge is 0.261 e. The van der Waals surface area contributed by atoms with E-state index in [0.717, 1.165) is 22.9 Å². The molecule has 0 heterocycles. The van der Waals surface area contributed by atoms with Crippen LogP contribution in [0.15, 0.2) is 78.9 Å². The first-order valence-corrected chi connectivity index (χ1v) is 12.1. The number of hydrogen-bond acceptors (Lipinski definition) is 4. The van der Waals surface area contributed by atoms with E-state index in [1.807, 2.05) is 61.5 Å². The maximum atomic E-state index is 13.0. The van der Waals surface area contributed by atoms with Crippen LogP contribution in [0.4, 0.5) is 5.69 Å². The van der Waals surface area contributed by atoms with Gasteiger partial charge in [-0.25, -0.2) is 8.42 Å². The highest BCUT2D eigenvalue weighted by Crippen LogP contribution is 2.26. The molecule has 0 aromatic heterocycles. The molecule has 32 heavy (non-hydrogen) atoms. The van der Waals surface area contributed by atoms with Crippen LogP contribution in [0.2, 0.25) is 0 Å². The zero-order valence-electron chi connectivity index (χ0n) is 18.6. The Morgan fingerprint density at radius 3 is 2.12 bits per heavy atom. The summed E-state index contributed by atoms with van der Waals surface area (Å²) in [7, 11) is -1.86. The van der Waals surface area contributed by atoms with Crippen LogP contribution in [0.5, 0.6) is 5.75 Å². The summed E-state index contributed by atoms with van der Waals surface area (Å²) < 4.78 is 30.4. The van der Waals surface area contributed by atoms with Crippen molar-refractivity contribution in [3.05, 3.63) is 95.6 Å². The van der Waals surface area contributed by atoms with Crippen molar-refractivity contribution in [1.29, 1.82) is 0 Å². The normalized spacial score (nSPS) is 13.1. The van der Waals surface area contributed by atoms with E-state index in [0.29, 0.717) is 11.4 Å². The maximum absolute atomic E-state index is 13.0. The van der Waals surface area contributed by atoms with Crippen LogP contribution >= 0.6 is 0 Å². The predicted molar refractivity (Wildman–Crippen MR) is 127 cm³/mol. The number of rotatable bonds is 8. The average Bonchev–Trinajstić information content (AvgIpc) is 2.78. The molecule has 1 N–H and O–H groups in total. The summed E-state index contributed by atoms with van der Waals surface area (Å²) in [5.41, 5.74) is 3.60. The molecular weight excluding hydrogens is 424 g/mol. The van der Waals surface area contributed by atoms with Gasteiger partial charge in [0.25, 0.3) is 5.91 Å². The Morgan fingerprint density at radius 1 is 0.938 bits per heavy atom. The second-order valence-corrected chi connectivity index (χ2v) is 9.71. The fraction of sp³-hybridized carbons (Fsp3) is 0.240. The fourth-order valence-electron chi connectivity index (χ4n) is 3.34. The predicted octanol–water partition coefficient (Wildman–Crippen LogP) is 4.06. The van der Waals surface area contributed by atoms with Gasteiger partial charge >= 0.3 is 0 Å². The largest absolute Gasteiger partial charge is 0.481 e. The van der Waals surface area contributed by atoms with Crippen LogP contribution in [-0.2, 0) is 14.8 Å². The molecule has 0 bridgehead atoms. The molecule has 168 valence electrons. The lowest BCUT2D eigenvalue weighted by Gasteiger charge is -2.24. The number of nitrogens with one attached hydrogen (secondary N) is 1. The third kappa shape index (κ3) is 5.68. The molecule has 0 fully saturated rings. The van der Waals surface area contributed by atoms with Crippen LogP contribution in [0.3, 0.4) is 0 Å². The minimum atomic E-state index is -3.35. The third-order valence-corrected chi connectivity index (χ3v) is 6.50. The maximum Gasteiger partial charge on any atom is 0.261 e. The number of benzene rings is 3. The van der Waals surface area contributed by atoms with E-state index in [1.165, 1.54) is 11.4 Å². The second kappa shape index (κ2) is 9.87. The van der Waals surface area contributed by atoms with Gasteiger partial charge in [0.05, 0.1) is 18.0 Å². The average molecular weight is 453 g/mol. The molecule has 1 amide bonds. The quantitative estimate of drug-likeness (QED) is 0.559. The van der Waals surface area contributed by atoms with E-state index >= 15 is 0 Å². The summed E-state index contributed by atoms with van der Waals surface area (Å²) in [6.45, 7) is 3.71. The number of aryl methyl sites for hydroxylation is 1. The van der Waals surface area contributed by atoms with Crippen LogP contribution < -0.4 is 14.4 Å². The molecule has 0 saturated carbocycles. The van der Waals surface area contributed by atoms with Crippen molar-refractivity contribution in [1.82, 2.24) is 5.32 Å². The SMILES string of the molecule is Cc1ccccc1[C@@H](NC(=O)[C@@H](C)Oc1ccc(N(C)S(C)(=O)=O)cc1)c1ccccc1. The van der Waals surface area contributed by atoms with Gasteiger partial charge in [0.1, 0.15) is 5.75 Å². The van der Waals surface area contributed by atoms with Crippen molar-refractivity contribution < 1.29 is 17.9 Å². The molecule has 3 rings (SSSR count). The summed E-state index contributed by atoms with van der Waals surface area (Å²) >= 11 is 0. The summed E-state index contributed by atoms with van der Waals surface area (Å²) in [5.74, 6) is 0.227. The summed E-state index contributed by atoms with van der Waals surface area (Å²) in [6.07, 6.45) is 0.394. The van der Waals surface area contributed by atoms with Crippen molar-refractivity contribution in [3.8, 4) is 5.75 Å². The van der Waals surface area contributed by atoms with Gasteiger partial charge in [-0.2, -0.15) is 0 Å². The number of carbonyl (C=O) groups excluding carboxylic acids is 1. The van der Waals surface area contributed by atoms with E-state index in [4.69, 9.17) is 4.74 Å². The molecule has 0 aliphatic rings. The van der Waals surface area contributed by atoms with Gasteiger partial charge in [0.2, 0.25) is 10.0 Å². The Bertz CT molecular complexity index is 1160. The highest BCUT2D eigenvalue weighted by atomic mass is 32.2. The highest BCUT2D eigenvalue weighted by molar-refractivity contribution is 7.92. The first-order valence-electron chi connectivity index (χ1n) is 10.3. The van der Waals surface area contributed by atoms with E-state index in [-0.39, 0.29) is 11.9 Å². The zero-order valence-corrected chi connectivity index (χ0v) is 19.5. The summed E-state index contributed by atoms with van der Waals surface area (Å²) in [6, 6.07) is 24.0. The van der Waals surface area contributed by atoms with Crippen molar-refractivity contribution in [2.75, 3.05) is 17.6 Å². The monoisotopic (exact) mass is 452 g/mol. The minimum Gasteiger partial charge on any atom is -0.481 e. The van der Waals surface area contributed by atoms with E-state index in [9.17, 15) is 13.2 Å². The standard InChI is InChI=1S/C25H28N2O4S/c1-18-10-8-9-13-23(18)24(20-11-6-5-7-12-20)26-25(28)19(2)31-22-16-14-21(15-17-22)27(3)32(4,29)30/h5-17,19,24H,1-4H3,(H,26,28)/t19-,24+/m1/s1. The fourth-order valence-corrected chi connectivity index (χ4v) is 3.84. The molecule has 0 radical (unpaired) electrons. The first kappa shape index (κ1) is 23.3. The Balaban J connectivity index is 1.75. The third-order valence-electron chi connectivity index (χ3n) is 5.30. The van der Waals surface area contributed by atoms with Crippen LogP contribution in [0, 0.1) is 6.92 Å². The number of carbonyl (C=O) groups is 1. The summed E-state index contributed by atoms with van der Waals surface area (Å²) in [4.78, 5) is 13.0. The number of anilines is 1. The van der Waals surface area contributed by atoms with Crippen molar-refractivity contribution in [2.45, 2.75) is 26.0 Å². The molecule has 2 atom stereocenters. The van der Waals surface area contributed by atoms with Crippen LogP contribution in [0.1, 0.15) is 29.7 Å². The second-order valence-electron chi connectivity index (χ2n) is 7.69. The minimum absolute atomic E-state index is 0.251. The van der Waals surface area contributed by atoms with Gasteiger partial charge in [0.15, 0.2) is 6.10 Å².